The number of nitrogens with one attached hydrogen (secondary N) is 1. The molecule has 0 aliphatic carbocycles. The van der Waals surface area contributed by atoms with Crippen LogP contribution in [-0.4, -0.2) is 42.9 Å². The van der Waals surface area contributed by atoms with Gasteiger partial charge in [-0.2, -0.15) is 0 Å². The number of hydrogen-bond acceptors (Lipinski definition) is 3. The van der Waals surface area contributed by atoms with Crippen LogP contribution in [0.2, 0.25) is 0 Å². The molecule has 162 valence electrons. The van der Waals surface area contributed by atoms with Gasteiger partial charge < -0.3 is 15.1 Å². The molecule has 1 saturated heterocycles. The predicted molar refractivity (Wildman–Crippen MR) is 121 cm³/mol. The first-order valence-corrected chi connectivity index (χ1v) is 10.8. The first-order chi connectivity index (χ1) is 13.3. The van der Waals surface area contributed by atoms with E-state index < -0.39 is 5.41 Å². The Labute approximate surface area is 176 Å². The molecule has 1 fully saturated rings. The van der Waals surface area contributed by atoms with Crippen LogP contribution in [0.3, 0.4) is 0 Å². The molecule has 0 radical (unpaired) electrons. The summed E-state index contributed by atoms with van der Waals surface area (Å²) < 4.78 is 0. The zero-order valence-electron chi connectivity index (χ0n) is 19.3. The molecule has 1 aliphatic rings. The van der Waals surface area contributed by atoms with Crippen LogP contribution in [-0.2, 0) is 9.59 Å². The van der Waals surface area contributed by atoms with Crippen molar-refractivity contribution in [1.82, 2.24) is 4.90 Å². The fraction of sp³-hybridized carbons (Fsp3) is 0.667. The van der Waals surface area contributed by atoms with Gasteiger partial charge in [0.25, 0.3) is 0 Å². The molecule has 1 N–H and O–H groups in total. The van der Waals surface area contributed by atoms with Gasteiger partial charge in [-0.05, 0) is 42.0 Å². The van der Waals surface area contributed by atoms with Gasteiger partial charge in [-0.3, -0.25) is 9.59 Å². The quantitative estimate of drug-likeness (QED) is 0.772. The van der Waals surface area contributed by atoms with Crippen molar-refractivity contribution in [2.75, 3.05) is 36.4 Å². The lowest BCUT2D eigenvalue weighted by Gasteiger charge is -2.37. The summed E-state index contributed by atoms with van der Waals surface area (Å²) in [6.45, 7) is 17.8. The molecule has 2 amide bonds. The van der Waals surface area contributed by atoms with Gasteiger partial charge in [0.05, 0.1) is 0 Å². The third-order valence-corrected chi connectivity index (χ3v) is 5.29. The van der Waals surface area contributed by atoms with Gasteiger partial charge in [0.2, 0.25) is 11.8 Å². The number of benzene rings is 1. The number of carbonyl (C=O) groups excluding carboxylic acids is 2. The van der Waals surface area contributed by atoms with E-state index >= 15 is 0 Å². The fourth-order valence-electron chi connectivity index (χ4n) is 3.83. The Kier molecular flexibility index (Phi) is 7.36. The van der Waals surface area contributed by atoms with Crippen molar-refractivity contribution >= 4 is 23.2 Å². The normalized spacial score (nSPS) is 16.5. The summed E-state index contributed by atoms with van der Waals surface area (Å²) in [5, 5.41) is 2.96. The third-order valence-electron chi connectivity index (χ3n) is 5.29. The second-order valence-electron chi connectivity index (χ2n) is 10.7. The number of hydrogen-bond donors (Lipinski definition) is 1. The van der Waals surface area contributed by atoms with E-state index in [-0.39, 0.29) is 17.2 Å². The smallest absolute Gasteiger partial charge is 0.229 e. The first-order valence-electron chi connectivity index (χ1n) is 10.8. The zero-order chi connectivity index (χ0) is 21.8. The van der Waals surface area contributed by atoms with E-state index in [1.165, 1.54) is 0 Å². The molecule has 5 heteroatoms. The molecule has 0 spiro atoms. The Bertz CT molecular complexity index is 690. The summed E-state index contributed by atoms with van der Waals surface area (Å²) in [6, 6.07) is 7.98. The molecule has 0 saturated carbocycles. The lowest BCUT2D eigenvalue weighted by Crippen LogP contribution is -2.49. The van der Waals surface area contributed by atoms with Crippen LogP contribution in [0.15, 0.2) is 24.3 Å². The van der Waals surface area contributed by atoms with E-state index in [0.717, 1.165) is 44.0 Å². The highest BCUT2D eigenvalue weighted by molar-refractivity contribution is 5.94. The van der Waals surface area contributed by atoms with Gasteiger partial charge in [-0.1, -0.05) is 48.5 Å². The van der Waals surface area contributed by atoms with Crippen molar-refractivity contribution in [3.8, 4) is 0 Å². The van der Waals surface area contributed by atoms with Crippen LogP contribution >= 0.6 is 0 Å². The molecule has 1 heterocycles. The summed E-state index contributed by atoms with van der Waals surface area (Å²) in [5.41, 5.74) is 1.80. The molecule has 1 atom stereocenters. The molecule has 1 aliphatic heterocycles. The highest BCUT2D eigenvalue weighted by atomic mass is 16.2. The van der Waals surface area contributed by atoms with Crippen molar-refractivity contribution < 1.29 is 9.59 Å². The predicted octanol–water partition coefficient (Wildman–Crippen LogP) is 4.78. The minimum atomic E-state index is -0.411. The van der Waals surface area contributed by atoms with Gasteiger partial charge in [-0.15, -0.1) is 0 Å². The molecular formula is C24H39N3O2. The van der Waals surface area contributed by atoms with Crippen LogP contribution < -0.4 is 10.2 Å². The Morgan fingerprint density at radius 3 is 2.00 bits per heavy atom. The van der Waals surface area contributed by atoms with E-state index in [1.807, 2.05) is 49.9 Å². The zero-order valence-corrected chi connectivity index (χ0v) is 19.3. The minimum absolute atomic E-state index is 0.0121. The van der Waals surface area contributed by atoms with Gasteiger partial charge in [0.15, 0.2) is 0 Å². The van der Waals surface area contributed by atoms with Gasteiger partial charge in [0, 0.05) is 49.4 Å². The van der Waals surface area contributed by atoms with Crippen LogP contribution in [0.5, 0.6) is 0 Å². The molecule has 0 aromatic heterocycles. The van der Waals surface area contributed by atoms with Crippen molar-refractivity contribution in [1.29, 1.82) is 0 Å². The maximum atomic E-state index is 12.6. The molecule has 1 aromatic carbocycles. The largest absolute Gasteiger partial charge is 0.368 e. The molecule has 1 unspecified atom stereocenters. The molecular weight excluding hydrogens is 362 g/mol. The number of amides is 2. The van der Waals surface area contributed by atoms with Gasteiger partial charge in [-0.25, -0.2) is 0 Å². The maximum Gasteiger partial charge on any atom is 0.229 e. The lowest BCUT2D eigenvalue weighted by atomic mass is 9.84. The van der Waals surface area contributed by atoms with Crippen molar-refractivity contribution in [2.45, 2.75) is 61.3 Å². The van der Waals surface area contributed by atoms with E-state index in [2.05, 4.69) is 37.9 Å². The Morgan fingerprint density at radius 1 is 0.966 bits per heavy atom. The van der Waals surface area contributed by atoms with Gasteiger partial charge >= 0.3 is 0 Å². The number of nitrogens with zero attached hydrogens (tertiary/aromatic N) is 2. The summed E-state index contributed by atoms with van der Waals surface area (Å²) in [7, 11) is 0. The van der Waals surface area contributed by atoms with E-state index in [0.29, 0.717) is 12.3 Å². The van der Waals surface area contributed by atoms with Crippen molar-refractivity contribution in [2.24, 2.45) is 16.7 Å². The van der Waals surface area contributed by atoms with E-state index in [9.17, 15) is 9.59 Å². The summed E-state index contributed by atoms with van der Waals surface area (Å²) in [6.07, 6.45) is 1.70. The average molecular weight is 402 g/mol. The van der Waals surface area contributed by atoms with Gasteiger partial charge in [0.1, 0.15) is 0 Å². The van der Waals surface area contributed by atoms with Crippen LogP contribution in [0.25, 0.3) is 0 Å². The second-order valence-corrected chi connectivity index (χ2v) is 10.7. The lowest BCUT2D eigenvalue weighted by molar-refractivity contribution is -0.132. The summed E-state index contributed by atoms with van der Waals surface area (Å²) in [5.74, 6) is 0.705. The number of carbonyl (C=O) groups is 2. The van der Waals surface area contributed by atoms with Crippen molar-refractivity contribution in [3.63, 3.8) is 0 Å². The Balaban J connectivity index is 1.84. The monoisotopic (exact) mass is 401 g/mol. The second kappa shape index (κ2) is 9.19. The fourth-order valence-corrected chi connectivity index (χ4v) is 3.83. The summed E-state index contributed by atoms with van der Waals surface area (Å²) >= 11 is 0. The van der Waals surface area contributed by atoms with Crippen LogP contribution in [0.1, 0.15) is 61.3 Å². The highest BCUT2D eigenvalue weighted by Crippen LogP contribution is 2.27. The number of anilines is 2. The van der Waals surface area contributed by atoms with Crippen molar-refractivity contribution in [3.05, 3.63) is 24.3 Å². The first kappa shape index (κ1) is 23.2. The third kappa shape index (κ3) is 7.37. The molecule has 1 aromatic rings. The average Bonchev–Trinajstić information content (AvgIpc) is 2.60. The van der Waals surface area contributed by atoms with Crippen LogP contribution in [0, 0.1) is 16.7 Å². The molecule has 5 nitrogen and oxygen atoms in total. The standard InChI is InChI=1S/C24H39N3O2/c1-18(17-23(2,3)4)16-21(28)27-14-12-26(13-15-27)20-10-8-19(9-11-20)25-22(29)24(5,6)7/h8-11,18H,12-17H2,1-7H3,(H,25,29). The Morgan fingerprint density at radius 2 is 1.52 bits per heavy atom. The SMILES string of the molecule is CC(CC(=O)N1CCN(c2ccc(NC(=O)C(C)(C)C)cc2)CC1)CC(C)(C)C. The topological polar surface area (TPSA) is 52.7 Å². The minimum Gasteiger partial charge on any atom is -0.368 e. The highest BCUT2D eigenvalue weighted by Gasteiger charge is 2.25. The number of rotatable bonds is 5. The summed E-state index contributed by atoms with van der Waals surface area (Å²) in [4.78, 5) is 29.1. The maximum absolute atomic E-state index is 12.6. The van der Waals surface area contributed by atoms with Crippen LogP contribution in [0.4, 0.5) is 11.4 Å². The number of piperazine rings is 1. The van der Waals surface area contributed by atoms with E-state index in [4.69, 9.17) is 0 Å². The molecule has 0 bridgehead atoms. The molecule has 2 rings (SSSR count). The van der Waals surface area contributed by atoms with E-state index in [1.54, 1.807) is 0 Å². The molecule has 29 heavy (non-hydrogen) atoms. The Hall–Kier alpha value is -2.04.